The third kappa shape index (κ3) is 2.97. The molecule has 0 aliphatic carbocycles. The van der Waals surface area contributed by atoms with Gasteiger partial charge in [0.25, 0.3) is 11.1 Å². The van der Waals surface area contributed by atoms with E-state index in [2.05, 4.69) is 10.2 Å². The first-order chi connectivity index (χ1) is 9.59. The summed E-state index contributed by atoms with van der Waals surface area (Å²) in [5.41, 5.74) is 1.78. The molecule has 0 saturated carbocycles. The smallest absolute Gasteiger partial charge is 0.271 e. The topological polar surface area (TPSA) is 75.6 Å². The molecule has 1 aromatic carbocycles. The van der Waals surface area contributed by atoms with Crippen LogP contribution in [0.25, 0.3) is 5.69 Å². The van der Waals surface area contributed by atoms with Crippen LogP contribution in [-0.2, 0) is 7.05 Å². The predicted octanol–water partition coefficient (Wildman–Crippen LogP) is 1.19. The van der Waals surface area contributed by atoms with Gasteiger partial charge in [-0.15, -0.1) is 0 Å². The van der Waals surface area contributed by atoms with Crippen LogP contribution in [0.15, 0.2) is 58.3 Å². The Morgan fingerprint density at radius 1 is 1.05 bits per heavy atom. The second kappa shape index (κ2) is 5.92. The van der Waals surface area contributed by atoms with E-state index in [1.54, 1.807) is 16.9 Å². The van der Waals surface area contributed by atoms with Crippen molar-refractivity contribution in [3.63, 3.8) is 0 Å². The minimum atomic E-state index is -0.0880. The van der Waals surface area contributed by atoms with Gasteiger partial charge in [-0.05, 0) is 19.1 Å². The quantitative estimate of drug-likeness (QED) is 0.698. The van der Waals surface area contributed by atoms with Gasteiger partial charge in [-0.2, -0.15) is 0 Å². The number of para-hydroxylation sites is 1. The molecule has 2 N–H and O–H groups in total. The molecule has 0 amide bonds. The lowest BCUT2D eigenvalue weighted by Gasteiger charge is -2.07. The molecule has 3 rings (SSSR count). The number of hydrogen-bond acceptors (Lipinski definition) is 2. The molecule has 0 spiro atoms. The third-order valence-electron chi connectivity index (χ3n) is 2.87. The van der Waals surface area contributed by atoms with Crippen LogP contribution in [0.3, 0.4) is 0 Å². The van der Waals surface area contributed by atoms with Gasteiger partial charge in [0.2, 0.25) is 0 Å². The average molecular weight is 272 g/mol. The Morgan fingerprint density at radius 3 is 2.15 bits per heavy atom. The Kier molecular flexibility index (Phi) is 4.05. The lowest BCUT2D eigenvalue weighted by Crippen LogP contribution is -2.18. The summed E-state index contributed by atoms with van der Waals surface area (Å²) in [5, 5.41) is 4.81. The number of H-pyrrole nitrogens is 2. The first kappa shape index (κ1) is 13.7. The van der Waals surface area contributed by atoms with Crippen LogP contribution in [0.2, 0.25) is 0 Å². The number of aromatic nitrogens is 4. The van der Waals surface area contributed by atoms with Crippen molar-refractivity contribution in [1.29, 1.82) is 0 Å². The molecule has 20 heavy (non-hydrogen) atoms. The lowest BCUT2D eigenvalue weighted by molar-refractivity contribution is 0.630. The van der Waals surface area contributed by atoms with E-state index in [1.165, 1.54) is 6.07 Å². The SMILES string of the molecule is Cc1cc(=O)n(-c2ccccc2)n1C.O=c1cc[nH][nH]1. The van der Waals surface area contributed by atoms with Crippen LogP contribution < -0.4 is 11.1 Å². The van der Waals surface area contributed by atoms with E-state index in [-0.39, 0.29) is 11.1 Å². The molecule has 0 atom stereocenters. The highest BCUT2D eigenvalue weighted by Gasteiger charge is 2.05. The fourth-order valence-corrected chi connectivity index (χ4v) is 1.78. The van der Waals surface area contributed by atoms with E-state index in [4.69, 9.17) is 0 Å². The Bertz CT molecular complexity index is 761. The van der Waals surface area contributed by atoms with Crippen molar-refractivity contribution in [2.24, 2.45) is 7.05 Å². The van der Waals surface area contributed by atoms with Crippen LogP contribution in [-0.4, -0.2) is 19.6 Å². The molecular weight excluding hydrogens is 256 g/mol. The zero-order valence-corrected chi connectivity index (χ0v) is 11.3. The maximum Gasteiger partial charge on any atom is 0.271 e. The van der Waals surface area contributed by atoms with Gasteiger partial charge < -0.3 is 5.10 Å². The molecule has 2 heterocycles. The Hall–Kier alpha value is -2.76. The monoisotopic (exact) mass is 272 g/mol. The average Bonchev–Trinajstić information content (AvgIpc) is 3.00. The van der Waals surface area contributed by atoms with Gasteiger partial charge in [-0.3, -0.25) is 19.4 Å². The number of nitrogens with one attached hydrogen (secondary N) is 2. The second-order valence-electron chi connectivity index (χ2n) is 4.26. The third-order valence-corrected chi connectivity index (χ3v) is 2.87. The second-order valence-corrected chi connectivity index (χ2v) is 4.26. The first-order valence-corrected chi connectivity index (χ1v) is 6.12. The summed E-state index contributed by atoms with van der Waals surface area (Å²) in [6, 6.07) is 12.7. The fraction of sp³-hybridized carbons (Fsp3) is 0.143. The molecule has 0 aliphatic heterocycles. The van der Waals surface area contributed by atoms with Crippen molar-refractivity contribution in [3.05, 3.63) is 75.1 Å². The van der Waals surface area contributed by atoms with Crippen molar-refractivity contribution < 1.29 is 0 Å². The highest BCUT2D eigenvalue weighted by Crippen LogP contribution is 2.04. The fourth-order valence-electron chi connectivity index (χ4n) is 1.78. The van der Waals surface area contributed by atoms with Gasteiger partial charge in [-0.1, -0.05) is 18.2 Å². The molecule has 0 aliphatic rings. The Balaban J connectivity index is 0.000000205. The van der Waals surface area contributed by atoms with Crippen molar-refractivity contribution in [2.45, 2.75) is 6.92 Å². The molecule has 3 aromatic rings. The van der Waals surface area contributed by atoms with Crippen LogP contribution in [0.4, 0.5) is 0 Å². The number of rotatable bonds is 1. The van der Waals surface area contributed by atoms with Gasteiger partial charge in [0.15, 0.2) is 0 Å². The van der Waals surface area contributed by atoms with E-state index < -0.39 is 0 Å². The summed E-state index contributed by atoms with van der Waals surface area (Å²) in [4.78, 5) is 21.6. The minimum Gasteiger partial charge on any atom is -0.305 e. The van der Waals surface area contributed by atoms with Crippen molar-refractivity contribution in [3.8, 4) is 5.69 Å². The normalized spacial score (nSPS) is 9.90. The number of benzene rings is 1. The molecule has 0 saturated heterocycles. The van der Waals surface area contributed by atoms with Crippen LogP contribution in [0.5, 0.6) is 0 Å². The minimum absolute atomic E-state index is 0.0104. The molecule has 0 unspecified atom stereocenters. The molecule has 6 heteroatoms. The number of aromatic amines is 2. The maximum atomic E-state index is 11.6. The Morgan fingerprint density at radius 2 is 1.75 bits per heavy atom. The molecule has 0 bridgehead atoms. The highest BCUT2D eigenvalue weighted by atomic mass is 16.1. The summed E-state index contributed by atoms with van der Waals surface area (Å²) in [7, 11) is 1.88. The summed E-state index contributed by atoms with van der Waals surface area (Å²) < 4.78 is 3.49. The number of nitrogens with zero attached hydrogens (tertiary/aromatic N) is 2. The van der Waals surface area contributed by atoms with Crippen LogP contribution >= 0.6 is 0 Å². The zero-order chi connectivity index (χ0) is 14.5. The predicted molar refractivity (Wildman–Crippen MR) is 77.2 cm³/mol. The van der Waals surface area contributed by atoms with Gasteiger partial charge in [0, 0.05) is 31.1 Å². The van der Waals surface area contributed by atoms with Crippen molar-refractivity contribution in [1.82, 2.24) is 19.6 Å². The van der Waals surface area contributed by atoms with Crippen LogP contribution in [0.1, 0.15) is 5.69 Å². The molecule has 6 nitrogen and oxygen atoms in total. The Labute approximate surface area is 115 Å². The number of hydrogen-bond donors (Lipinski definition) is 2. The summed E-state index contributed by atoms with van der Waals surface area (Å²) >= 11 is 0. The summed E-state index contributed by atoms with van der Waals surface area (Å²) in [5.74, 6) is 0. The van der Waals surface area contributed by atoms with E-state index in [0.29, 0.717) is 0 Å². The van der Waals surface area contributed by atoms with Crippen LogP contribution in [0, 0.1) is 6.92 Å². The molecule has 0 fully saturated rings. The van der Waals surface area contributed by atoms with Crippen molar-refractivity contribution >= 4 is 0 Å². The molecule has 104 valence electrons. The largest absolute Gasteiger partial charge is 0.305 e. The maximum absolute atomic E-state index is 11.6. The zero-order valence-electron chi connectivity index (χ0n) is 11.3. The van der Waals surface area contributed by atoms with Gasteiger partial charge in [-0.25, -0.2) is 4.68 Å². The van der Waals surface area contributed by atoms with E-state index in [1.807, 2.05) is 49.0 Å². The van der Waals surface area contributed by atoms with Crippen molar-refractivity contribution in [2.75, 3.05) is 0 Å². The highest BCUT2D eigenvalue weighted by molar-refractivity contribution is 5.30. The standard InChI is InChI=1S/C11H12N2O.C3H4N2O/c1-9-8-11(14)13(12(9)2)10-6-4-3-5-7-10;6-3-1-2-4-5-3/h3-8H,1-2H3;1-2H,(H2,4,5,6). The van der Waals surface area contributed by atoms with Gasteiger partial charge in [0.1, 0.15) is 0 Å². The number of aryl methyl sites for hydroxylation is 1. The van der Waals surface area contributed by atoms with Gasteiger partial charge >= 0.3 is 0 Å². The van der Waals surface area contributed by atoms with E-state index in [0.717, 1.165) is 11.4 Å². The summed E-state index contributed by atoms with van der Waals surface area (Å²) in [6.07, 6.45) is 1.54. The first-order valence-electron chi connectivity index (χ1n) is 6.12. The van der Waals surface area contributed by atoms with Gasteiger partial charge in [0.05, 0.1) is 5.69 Å². The van der Waals surface area contributed by atoms with E-state index >= 15 is 0 Å². The lowest BCUT2D eigenvalue weighted by atomic mass is 10.3. The molecule has 0 radical (unpaired) electrons. The molecule has 2 aromatic heterocycles. The van der Waals surface area contributed by atoms with E-state index in [9.17, 15) is 9.59 Å². The molecular formula is C14H16N4O2. The summed E-state index contributed by atoms with van der Waals surface area (Å²) in [6.45, 7) is 1.92.